The smallest absolute Gasteiger partial charge is 0.272 e. The number of piperidine rings is 1. The van der Waals surface area contributed by atoms with Crippen LogP contribution in [-0.4, -0.2) is 46.3 Å². The number of halogens is 1. The summed E-state index contributed by atoms with van der Waals surface area (Å²) in [4.78, 5) is 14.7. The zero-order chi connectivity index (χ0) is 18.8. The van der Waals surface area contributed by atoms with Crippen LogP contribution in [0.15, 0.2) is 36.5 Å². The van der Waals surface area contributed by atoms with E-state index in [2.05, 4.69) is 16.0 Å². The van der Waals surface area contributed by atoms with Gasteiger partial charge >= 0.3 is 0 Å². The molecule has 27 heavy (non-hydrogen) atoms. The first-order chi connectivity index (χ1) is 13.2. The molecule has 2 unspecified atom stereocenters. The van der Waals surface area contributed by atoms with Crippen LogP contribution in [0.25, 0.3) is 0 Å². The number of nitrogens with zero attached hydrogens (tertiary/aromatic N) is 3. The van der Waals surface area contributed by atoms with Gasteiger partial charge in [-0.2, -0.15) is 5.10 Å². The third kappa shape index (κ3) is 3.61. The Balaban J connectivity index is 1.41. The zero-order valence-corrected chi connectivity index (χ0v) is 15.6. The van der Waals surface area contributed by atoms with Crippen molar-refractivity contribution in [2.75, 3.05) is 19.6 Å². The summed E-state index contributed by atoms with van der Waals surface area (Å²) in [7, 11) is 0. The molecule has 0 radical (unpaired) electrons. The molecule has 2 aromatic rings. The van der Waals surface area contributed by atoms with Gasteiger partial charge in [0.05, 0.1) is 0 Å². The Hall–Kier alpha value is -2.25. The van der Waals surface area contributed by atoms with Gasteiger partial charge in [-0.25, -0.2) is 4.39 Å². The number of hydrazine groups is 1. The van der Waals surface area contributed by atoms with Crippen LogP contribution >= 0.6 is 0 Å². The topological polar surface area (TPSA) is 62.2 Å². The molecule has 2 fully saturated rings. The molecule has 2 aliphatic rings. The Morgan fingerprint density at radius 3 is 2.85 bits per heavy atom. The molecular weight excluding hydrogens is 345 g/mol. The fourth-order valence-electron chi connectivity index (χ4n) is 4.41. The maximum Gasteiger partial charge on any atom is 0.272 e. The maximum atomic E-state index is 13.6. The van der Waals surface area contributed by atoms with Crippen molar-refractivity contribution in [1.29, 1.82) is 0 Å². The van der Waals surface area contributed by atoms with Gasteiger partial charge in [0.1, 0.15) is 11.5 Å². The molecule has 3 heterocycles. The largest absolute Gasteiger partial charge is 0.337 e. The van der Waals surface area contributed by atoms with Crippen molar-refractivity contribution in [2.45, 2.75) is 38.3 Å². The lowest BCUT2D eigenvalue weighted by atomic mass is 9.80. The van der Waals surface area contributed by atoms with Crippen LogP contribution in [0.5, 0.6) is 0 Å². The van der Waals surface area contributed by atoms with E-state index in [4.69, 9.17) is 0 Å². The van der Waals surface area contributed by atoms with E-state index >= 15 is 0 Å². The molecule has 1 aromatic carbocycles. The molecule has 0 spiro atoms. The maximum absolute atomic E-state index is 13.6. The number of rotatable bonds is 4. The van der Waals surface area contributed by atoms with E-state index in [0.717, 1.165) is 38.0 Å². The van der Waals surface area contributed by atoms with E-state index < -0.39 is 0 Å². The highest BCUT2D eigenvalue weighted by atomic mass is 19.1. The minimum Gasteiger partial charge on any atom is -0.337 e. The van der Waals surface area contributed by atoms with E-state index in [0.29, 0.717) is 18.2 Å². The summed E-state index contributed by atoms with van der Waals surface area (Å²) in [5.41, 5.74) is 8.33. The normalized spacial score (nSPS) is 23.7. The third-order valence-electron chi connectivity index (χ3n) is 5.87. The molecule has 4 rings (SSSR count). The van der Waals surface area contributed by atoms with Crippen LogP contribution < -0.4 is 10.9 Å². The SMILES string of the molecule is CCn1nccc1C(=O)N1CCC(C2NNCC2c2cccc(F)c2)CC1. The van der Waals surface area contributed by atoms with E-state index in [9.17, 15) is 9.18 Å². The quantitative estimate of drug-likeness (QED) is 0.865. The Kier molecular flexibility index (Phi) is 5.22. The van der Waals surface area contributed by atoms with Gasteiger partial charge in [0.25, 0.3) is 5.91 Å². The number of aromatic nitrogens is 2. The van der Waals surface area contributed by atoms with Gasteiger partial charge in [0, 0.05) is 44.3 Å². The predicted octanol–water partition coefficient (Wildman–Crippen LogP) is 2.15. The van der Waals surface area contributed by atoms with Gasteiger partial charge in [0.15, 0.2) is 0 Å². The summed E-state index contributed by atoms with van der Waals surface area (Å²) in [6.07, 6.45) is 3.56. The average molecular weight is 371 g/mol. The molecule has 1 aromatic heterocycles. The van der Waals surface area contributed by atoms with Crippen molar-refractivity contribution in [3.05, 3.63) is 53.6 Å². The van der Waals surface area contributed by atoms with Crippen LogP contribution in [0.4, 0.5) is 4.39 Å². The lowest BCUT2D eigenvalue weighted by Gasteiger charge is -2.36. The molecule has 144 valence electrons. The fourth-order valence-corrected chi connectivity index (χ4v) is 4.41. The van der Waals surface area contributed by atoms with Gasteiger partial charge in [-0.1, -0.05) is 12.1 Å². The highest BCUT2D eigenvalue weighted by molar-refractivity contribution is 5.92. The van der Waals surface area contributed by atoms with E-state index in [1.807, 2.05) is 17.9 Å². The number of aryl methyl sites for hydroxylation is 1. The Labute approximate surface area is 158 Å². The second kappa shape index (κ2) is 7.78. The Morgan fingerprint density at radius 2 is 2.11 bits per heavy atom. The van der Waals surface area contributed by atoms with Crippen LogP contribution in [0.2, 0.25) is 0 Å². The second-order valence-electron chi connectivity index (χ2n) is 7.37. The van der Waals surface area contributed by atoms with E-state index in [1.54, 1.807) is 29.1 Å². The van der Waals surface area contributed by atoms with Gasteiger partial charge in [-0.3, -0.25) is 20.3 Å². The first-order valence-electron chi connectivity index (χ1n) is 9.72. The van der Waals surface area contributed by atoms with Crippen LogP contribution in [0.1, 0.15) is 41.7 Å². The molecule has 7 heteroatoms. The number of benzene rings is 1. The Bertz CT molecular complexity index is 799. The van der Waals surface area contributed by atoms with Crippen molar-refractivity contribution < 1.29 is 9.18 Å². The van der Waals surface area contributed by atoms with E-state index in [-0.39, 0.29) is 23.7 Å². The lowest BCUT2D eigenvalue weighted by molar-refractivity contribution is 0.0657. The van der Waals surface area contributed by atoms with Gasteiger partial charge in [-0.15, -0.1) is 0 Å². The van der Waals surface area contributed by atoms with Crippen molar-refractivity contribution >= 4 is 5.91 Å². The molecule has 0 saturated carbocycles. The Morgan fingerprint density at radius 1 is 1.30 bits per heavy atom. The van der Waals surface area contributed by atoms with Gasteiger partial charge < -0.3 is 4.90 Å². The van der Waals surface area contributed by atoms with Crippen LogP contribution in [0.3, 0.4) is 0 Å². The molecule has 0 aliphatic carbocycles. The number of nitrogens with one attached hydrogen (secondary N) is 2. The van der Waals surface area contributed by atoms with Crippen molar-refractivity contribution in [1.82, 2.24) is 25.5 Å². The summed E-state index contributed by atoms with van der Waals surface area (Å²) < 4.78 is 15.4. The number of amides is 1. The second-order valence-corrected chi connectivity index (χ2v) is 7.37. The minimum absolute atomic E-state index is 0.0620. The highest BCUT2D eigenvalue weighted by Crippen LogP contribution is 2.32. The summed E-state index contributed by atoms with van der Waals surface area (Å²) in [6.45, 7) is 4.96. The molecule has 2 saturated heterocycles. The standard InChI is InChI=1S/C20H26FN5O/c1-2-26-18(6-9-23-26)20(27)25-10-7-14(8-11-25)19-17(13-22-24-19)15-4-3-5-16(21)12-15/h3-6,9,12,14,17,19,22,24H,2,7-8,10-11,13H2,1H3. The number of hydrogen-bond acceptors (Lipinski definition) is 4. The number of likely N-dealkylation sites (tertiary alicyclic amines) is 1. The molecule has 0 bridgehead atoms. The van der Waals surface area contributed by atoms with Crippen LogP contribution in [0, 0.1) is 11.7 Å². The first kappa shape index (κ1) is 18.1. The van der Waals surface area contributed by atoms with Crippen molar-refractivity contribution in [3.8, 4) is 0 Å². The van der Waals surface area contributed by atoms with Gasteiger partial charge in [0.2, 0.25) is 0 Å². The predicted molar refractivity (Wildman–Crippen MR) is 101 cm³/mol. The molecular formula is C20H26FN5O. The minimum atomic E-state index is -0.189. The summed E-state index contributed by atoms with van der Waals surface area (Å²) >= 11 is 0. The van der Waals surface area contributed by atoms with Crippen molar-refractivity contribution in [3.63, 3.8) is 0 Å². The van der Waals surface area contributed by atoms with Gasteiger partial charge in [-0.05, 0) is 49.4 Å². The molecule has 1 amide bonds. The average Bonchev–Trinajstić information content (AvgIpc) is 3.37. The molecule has 2 N–H and O–H groups in total. The third-order valence-corrected chi connectivity index (χ3v) is 5.87. The number of hydrogen-bond donors (Lipinski definition) is 2. The highest BCUT2D eigenvalue weighted by Gasteiger charge is 2.37. The summed E-state index contributed by atoms with van der Waals surface area (Å²) in [5.74, 6) is 0.570. The summed E-state index contributed by atoms with van der Waals surface area (Å²) in [6, 6.07) is 8.94. The summed E-state index contributed by atoms with van der Waals surface area (Å²) in [5, 5.41) is 4.20. The molecule has 2 aliphatic heterocycles. The number of carbonyl (C=O) groups is 1. The zero-order valence-electron chi connectivity index (χ0n) is 15.6. The van der Waals surface area contributed by atoms with Crippen LogP contribution in [-0.2, 0) is 6.54 Å². The lowest BCUT2D eigenvalue weighted by Crippen LogP contribution is -2.46. The van der Waals surface area contributed by atoms with E-state index in [1.165, 1.54) is 6.07 Å². The fraction of sp³-hybridized carbons (Fsp3) is 0.500. The van der Waals surface area contributed by atoms with Crippen molar-refractivity contribution in [2.24, 2.45) is 5.92 Å². The molecule has 2 atom stereocenters. The monoisotopic (exact) mass is 371 g/mol. The first-order valence-corrected chi connectivity index (χ1v) is 9.72. The molecule has 6 nitrogen and oxygen atoms in total. The number of carbonyl (C=O) groups excluding carboxylic acids is 1.